The Balaban J connectivity index is 2.37. The van der Waals surface area contributed by atoms with Crippen molar-refractivity contribution >= 4 is 29.7 Å². The standard InChI is InChI=1S/C17H18F3NO7S/c1-8(22)25-13-7-29-16(15(27-10(3)24)14(13)26-9(2)23)28-12-6-21-5-4-11(12)17(18,19)20/h4-6,13-16H,7H2,1-3H3/t13-,14+,15-,16-/m1/s1. The lowest BCUT2D eigenvalue weighted by atomic mass is 10.1. The molecule has 2 rings (SSSR count). The lowest BCUT2D eigenvalue weighted by Crippen LogP contribution is -2.55. The molecule has 160 valence electrons. The van der Waals surface area contributed by atoms with Gasteiger partial charge >= 0.3 is 24.1 Å². The second-order valence-electron chi connectivity index (χ2n) is 5.99. The maximum absolute atomic E-state index is 13.2. The lowest BCUT2D eigenvalue weighted by molar-refractivity contribution is -0.186. The van der Waals surface area contributed by atoms with Crippen LogP contribution in [0, 0.1) is 0 Å². The van der Waals surface area contributed by atoms with Gasteiger partial charge in [-0.25, -0.2) is 0 Å². The van der Waals surface area contributed by atoms with Crippen LogP contribution < -0.4 is 4.74 Å². The Morgan fingerprint density at radius 2 is 1.62 bits per heavy atom. The zero-order chi connectivity index (χ0) is 21.8. The summed E-state index contributed by atoms with van der Waals surface area (Å²) in [5, 5.41) is 0. The average Bonchev–Trinajstić information content (AvgIpc) is 2.58. The number of alkyl halides is 3. The van der Waals surface area contributed by atoms with Crippen LogP contribution in [-0.2, 0) is 34.8 Å². The molecule has 1 aromatic heterocycles. The van der Waals surface area contributed by atoms with E-state index in [2.05, 4.69) is 4.98 Å². The number of hydrogen-bond donors (Lipinski definition) is 0. The number of carbonyl (C=O) groups is 3. The number of halogens is 3. The Morgan fingerprint density at radius 3 is 2.17 bits per heavy atom. The second kappa shape index (κ2) is 9.33. The molecule has 0 spiro atoms. The van der Waals surface area contributed by atoms with E-state index in [0.29, 0.717) is 0 Å². The van der Waals surface area contributed by atoms with Crippen LogP contribution in [0.15, 0.2) is 18.5 Å². The predicted octanol–water partition coefficient (Wildman–Crippen LogP) is 2.35. The molecule has 8 nitrogen and oxygen atoms in total. The third kappa shape index (κ3) is 6.24. The molecule has 1 fully saturated rings. The number of ether oxygens (including phenoxy) is 4. The highest BCUT2D eigenvalue weighted by Crippen LogP contribution is 2.39. The Labute approximate surface area is 168 Å². The van der Waals surface area contributed by atoms with Crippen LogP contribution in [-0.4, -0.2) is 52.4 Å². The zero-order valence-corrected chi connectivity index (χ0v) is 16.4. The normalized spacial score (nSPS) is 24.3. The van der Waals surface area contributed by atoms with Gasteiger partial charge in [0.25, 0.3) is 0 Å². The van der Waals surface area contributed by atoms with Crippen molar-refractivity contribution < 1.29 is 46.5 Å². The van der Waals surface area contributed by atoms with Gasteiger partial charge in [-0.2, -0.15) is 13.2 Å². The van der Waals surface area contributed by atoms with Gasteiger partial charge in [0.05, 0.1) is 6.20 Å². The van der Waals surface area contributed by atoms with E-state index in [-0.39, 0.29) is 5.75 Å². The molecule has 0 unspecified atom stereocenters. The smallest absolute Gasteiger partial charge is 0.420 e. The van der Waals surface area contributed by atoms with Gasteiger partial charge < -0.3 is 18.9 Å². The van der Waals surface area contributed by atoms with E-state index in [1.807, 2.05) is 0 Å². The Bertz CT molecular complexity index is 774. The van der Waals surface area contributed by atoms with E-state index in [1.54, 1.807) is 0 Å². The average molecular weight is 437 g/mol. The van der Waals surface area contributed by atoms with E-state index in [4.69, 9.17) is 18.9 Å². The van der Waals surface area contributed by atoms with Crippen LogP contribution in [0.25, 0.3) is 0 Å². The number of carbonyl (C=O) groups excluding carboxylic acids is 3. The van der Waals surface area contributed by atoms with E-state index in [0.717, 1.165) is 51.0 Å². The summed E-state index contributed by atoms with van der Waals surface area (Å²) in [7, 11) is 0. The number of esters is 3. The maximum Gasteiger partial charge on any atom is 0.420 e. The van der Waals surface area contributed by atoms with Crippen molar-refractivity contribution in [1.29, 1.82) is 0 Å². The van der Waals surface area contributed by atoms with Crippen molar-refractivity contribution in [3.8, 4) is 5.75 Å². The van der Waals surface area contributed by atoms with Crippen LogP contribution in [0.2, 0.25) is 0 Å². The lowest BCUT2D eigenvalue weighted by Gasteiger charge is -2.40. The molecule has 1 aliphatic heterocycles. The van der Waals surface area contributed by atoms with Gasteiger partial charge in [-0.1, -0.05) is 0 Å². The number of aromatic nitrogens is 1. The number of hydrogen-bond acceptors (Lipinski definition) is 9. The Morgan fingerprint density at radius 1 is 1.03 bits per heavy atom. The minimum absolute atomic E-state index is 0.0293. The van der Waals surface area contributed by atoms with Gasteiger partial charge in [-0.3, -0.25) is 19.4 Å². The van der Waals surface area contributed by atoms with Gasteiger partial charge in [0.15, 0.2) is 29.5 Å². The first-order chi connectivity index (χ1) is 13.5. The summed E-state index contributed by atoms with van der Waals surface area (Å²) in [6.45, 7) is 3.31. The van der Waals surface area contributed by atoms with Crippen LogP contribution >= 0.6 is 11.8 Å². The highest BCUT2D eigenvalue weighted by Gasteiger charge is 2.48. The zero-order valence-electron chi connectivity index (χ0n) is 15.6. The van der Waals surface area contributed by atoms with Crippen molar-refractivity contribution in [2.24, 2.45) is 0 Å². The molecule has 1 saturated heterocycles. The fraction of sp³-hybridized carbons (Fsp3) is 0.529. The van der Waals surface area contributed by atoms with Gasteiger partial charge in [0.1, 0.15) is 5.56 Å². The molecule has 0 amide bonds. The molecule has 0 bridgehead atoms. The summed E-state index contributed by atoms with van der Waals surface area (Å²) in [6, 6.07) is 0.745. The van der Waals surface area contributed by atoms with Crippen LogP contribution in [0.3, 0.4) is 0 Å². The Hall–Kier alpha value is -2.50. The fourth-order valence-corrected chi connectivity index (χ4v) is 3.85. The van der Waals surface area contributed by atoms with Gasteiger partial charge in [0, 0.05) is 32.7 Å². The molecule has 0 saturated carbocycles. The van der Waals surface area contributed by atoms with Crippen molar-refractivity contribution in [2.45, 2.75) is 50.7 Å². The predicted molar refractivity (Wildman–Crippen MR) is 92.8 cm³/mol. The van der Waals surface area contributed by atoms with Crippen molar-refractivity contribution in [1.82, 2.24) is 4.98 Å². The van der Waals surface area contributed by atoms with E-state index >= 15 is 0 Å². The first-order valence-corrected chi connectivity index (χ1v) is 9.35. The molecular weight excluding hydrogens is 419 g/mol. The molecule has 0 N–H and O–H groups in total. The van der Waals surface area contributed by atoms with E-state index in [9.17, 15) is 27.6 Å². The van der Waals surface area contributed by atoms with Crippen molar-refractivity contribution in [3.05, 3.63) is 24.0 Å². The minimum Gasteiger partial charge on any atom is -0.473 e. The largest absolute Gasteiger partial charge is 0.473 e. The number of rotatable bonds is 5. The van der Waals surface area contributed by atoms with Crippen molar-refractivity contribution in [2.75, 3.05) is 5.75 Å². The molecule has 12 heteroatoms. The minimum atomic E-state index is -4.70. The monoisotopic (exact) mass is 437 g/mol. The highest BCUT2D eigenvalue weighted by molar-refractivity contribution is 7.99. The molecule has 1 aromatic rings. The molecule has 4 atom stereocenters. The first kappa shape index (κ1) is 22.8. The first-order valence-electron chi connectivity index (χ1n) is 8.30. The Kier molecular flexibility index (Phi) is 7.33. The summed E-state index contributed by atoms with van der Waals surface area (Å²) in [5.74, 6) is -2.76. The third-order valence-electron chi connectivity index (χ3n) is 3.64. The fourth-order valence-electron chi connectivity index (χ4n) is 2.64. The highest BCUT2D eigenvalue weighted by atomic mass is 32.2. The second-order valence-corrected chi connectivity index (χ2v) is 7.12. The van der Waals surface area contributed by atoms with Gasteiger partial charge in [0.2, 0.25) is 0 Å². The SMILES string of the molecule is CC(=O)O[C@@H]1[C@@H](OC(C)=O)[C@H](OC(C)=O)CS[C@H]1Oc1cnccc1C(F)(F)F. The molecule has 29 heavy (non-hydrogen) atoms. The summed E-state index contributed by atoms with van der Waals surface area (Å²) in [4.78, 5) is 38.1. The molecule has 1 aliphatic rings. The molecule has 0 aliphatic carbocycles. The maximum atomic E-state index is 13.2. The summed E-state index contributed by atoms with van der Waals surface area (Å²) < 4.78 is 60.6. The van der Waals surface area contributed by atoms with Crippen molar-refractivity contribution in [3.63, 3.8) is 0 Å². The summed E-state index contributed by atoms with van der Waals surface area (Å²) in [5.41, 5.74) is -2.25. The topological polar surface area (TPSA) is 101 Å². The summed E-state index contributed by atoms with van der Waals surface area (Å²) in [6.07, 6.45) is -6.44. The van der Waals surface area contributed by atoms with Gasteiger partial charge in [-0.15, -0.1) is 11.8 Å². The van der Waals surface area contributed by atoms with E-state index < -0.39 is 59.1 Å². The molecule has 0 radical (unpaired) electrons. The van der Waals surface area contributed by atoms with Gasteiger partial charge in [-0.05, 0) is 6.07 Å². The molecular formula is C17H18F3NO7S. The van der Waals surface area contributed by atoms with Crippen LogP contribution in [0.4, 0.5) is 13.2 Å². The number of nitrogens with zero attached hydrogens (tertiary/aromatic N) is 1. The van der Waals surface area contributed by atoms with Crippen LogP contribution in [0.1, 0.15) is 26.3 Å². The quantitative estimate of drug-likeness (QED) is 0.507. The number of thioether (sulfide) groups is 1. The van der Waals surface area contributed by atoms with Crippen LogP contribution in [0.5, 0.6) is 5.75 Å². The molecule has 0 aromatic carbocycles. The summed E-state index contributed by atoms with van der Waals surface area (Å²) >= 11 is 0.945. The number of pyridine rings is 1. The van der Waals surface area contributed by atoms with E-state index in [1.165, 1.54) is 0 Å². The molecule has 2 heterocycles. The third-order valence-corrected chi connectivity index (χ3v) is 4.85.